The first-order valence-electron chi connectivity index (χ1n) is 5.67. The van der Waals surface area contributed by atoms with Crippen LogP contribution in [0.3, 0.4) is 0 Å². The molecule has 3 heterocycles. The Bertz CT molecular complexity index is 658. The van der Waals surface area contributed by atoms with Gasteiger partial charge >= 0.3 is 0 Å². The highest BCUT2D eigenvalue weighted by atomic mass is 32.1. The van der Waals surface area contributed by atoms with Gasteiger partial charge in [-0.3, -0.25) is 0 Å². The number of hydrogen-bond acceptors (Lipinski definition) is 7. The Kier molecular flexibility index (Phi) is 3.10. The van der Waals surface area contributed by atoms with E-state index >= 15 is 0 Å². The standard InChI is InChI=1S/C11H11N5O2S/c1-7(17)8-5-16(15-12-8)6-10-13-14-11(18-10)9-3-2-4-19-9/h2-5,7,17H,6H2,1H3. The van der Waals surface area contributed by atoms with Gasteiger partial charge in [0.1, 0.15) is 12.2 Å². The zero-order valence-corrected chi connectivity index (χ0v) is 10.9. The number of hydrogen-bond donors (Lipinski definition) is 1. The molecule has 1 atom stereocenters. The van der Waals surface area contributed by atoms with Gasteiger partial charge in [-0.25, -0.2) is 4.68 Å². The van der Waals surface area contributed by atoms with Crippen molar-refractivity contribution in [3.63, 3.8) is 0 Å². The molecule has 0 saturated heterocycles. The summed E-state index contributed by atoms with van der Waals surface area (Å²) in [4.78, 5) is 0.932. The molecule has 0 amide bonds. The molecular weight excluding hydrogens is 266 g/mol. The molecule has 0 spiro atoms. The summed E-state index contributed by atoms with van der Waals surface area (Å²) in [6, 6.07) is 3.85. The van der Waals surface area contributed by atoms with E-state index in [1.54, 1.807) is 17.8 Å². The van der Waals surface area contributed by atoms with Gasteiger partial charge in [-0.1, -0.05) is 11.3 Å². The van der Waals surface area contributed by atoms with Crippen molar-refractivity contribution in [1.82, 2.24) is 25.2 Å². The van der Waals surface area contributed by atoms with Crippen LogP contribution < -0.4 is 0 Å². The number of aliphatic hydroxyl groups excluding tert-OH is 1. The first-order chi connectivity index (χ1) is 9.22. The molecular formula is C11H11N5O2S. The summed E-state index contributed by atoms with van der Waals surface area (Å²) in [5.41, 5.74) is 0.512. The second kappa shape index (κ2) is 4.90. The van der Waals surface area contributed by atoms with Gasteiger partial charge in [0.15, 0.2) is 0 Å². The smallest absolute Gasteiger partial charge is 0.257 e. The Labute approximate surface area is 112 Å². The highest BCUT2D eigenvalue weighted by Crippen LogP contribution is 2.23. The van der Waals surface area contributed by atoms with E-state index in [1.165, 1.54) is 11.3 Å². The first kappa shape index (κ1) is 12.0. The second-order valence-electron chi connectivity index (χ2n) is 4.00. The molecule has 98 valence electrons. The van der Waals surface area contributed by atoms with Crippen LogP contribution in [0.25, 0.3) is 10.8 Å². The first-order valence-corrected chi connectivity index (χ1v) is 6.54. The Hall–Kier alpha value is -2.06. The molecule has 3 aromatic heterocycles. The molecule has 0 saturated carbocycles. The summed E-state index contributed by atoms with van der Waals surface area (Å²) in [6.07, 6.45) is 1.01. The molecule has 0 aromatic carbocycles. The lowest BCUT2D eigenvalue weighted by Gasteiger charge is -1.95. The van der Waals surface area contributed by atoms with E-state index < -0.39 is 6.10 Å². The molecule has 0 aliphatic heterocycles. The van der Waals surface area contributed by atoms with E-state index in [2.05, 4.69) is 20.5 Å². The maximum atomic E-state index is 9.37. The lowest BCUT2D eigenvalue weighted by molar-refractivity contribution is 0.194. The largest absolute Gasteiger partial charge is 0.418 e. The molecule has 3 rings (SSSR count). The third-order valence-electron chi connectivity index (χ3n) is 2.48. The van der Waals surface area contributed by atoms with Gasteiger partial charge in [0, 0.05) is 0 Å². The molecule has 1 N–H and O–H groups in total. The van der Waals surface area contributed by atoms with E-state index in [0.717, 1.165) is 4.88 Å². The monoisotopic (exact) mass is 277 g/mol. The number of aromatic nitrogens is 5. The number of thiophene rings is 1. The van der Waals surface area contributed by atoms with Crippen molar-refractivity contribution < 1.29 is 9.52 Å². The van der Waals surface area contributed by atoms with Crippen LogP contribution in [0.4, 0.5) is 0 Å². The van der Waals surface area contributed by atoms with Crippen molar-refractivity contribution in [3.8, 4) is 10.8 Å². The van der Waals surface area contributed by atoms with Gasteiger partial charge in [0.2, 0.25) is 5.89 Å². The van der Waals surface area contributed by atoms with Gasteiger partial charge in [-0.2, -0.15) is 0 Å². The van der Waals surface area contributed by atoms with Crippen molar-refractivity contribution in [2.75, 3.05) is 0 Å². The minimum Gasteiger partial charge on any atom is -0.418 e. The highest BCUT2D eigenvalue weighted by Gasteiger charge is 2.12. The Morgan fingerprint density at radius 2 is 2.32 bits per heavy atom. The minimum absolute atomic E-state index is 0.331. The van der Waals surface area contributed by atoms with Crippen LogP contribution >= 0.6 is 11.3 Å². The SMILES string of the molecule is CC(O)c1cn(Cc2nnc(-c3cccs3)o2)nn1. The Morgan fingerprint density at radius 3 is 3.00 bits per heavy atom. The van der Waals surface area contributed by atoms with Gasteiger partial charge in [-0.15, -0.1) is 26.6 Å². The van der Waals surface area contributed by atoms with Crippen LogP contribution in [-0.2, 0) is 6.54 Å². The average molecular weight is 277 g/mol. The van der Waals surface area contributed by atoms with Gasteiger partial charge in [-0.05, 0) is 18.4 Å². The van der Waals surface area contributed by atoms with E-state index in [4.69, 9.17) is 4.42 Å². The molecule has 0 radical (unpaired) electrons. The summed E-state index contributed by atoms with van der Waals surface area (Å²) in [5, 5.41) is 27.0. The molecule has 1 unspecified atom stereocenters. The van der Waals surface area contributed by atoms with Crippen molar-refractivity contribution in [2.24, 2.45) is 0 Å². The fourth-order valence-corrected chi connectivity index (χ4v) is 2.18. The summed E-state index contributed by atoms with van der Waals surface area (Å²) >= 11 is 1.54. The molecule has 0 aliphatic rings. The highest BCUT2D eigenvalue weighted by molar-refractivity contribution is 7.13. The zero-order chi connectivity index (χ0) is 13.2. The van der Waals surface area contributed by atoms with Crippen LogP contribution in [0.1, 0.15) is 24.6 Å². The molecule has 19 heavy (non-hydrogen) atoms. The van der Waals surface area contributed by atoms with Gasteiger partial charge in [0.25, 0.3) is 5.89 Å². The topological polar surface area (TPSA) is 89.9 Å². The lowest BCUT2D eigenvalue weighted by Crippen LogP contribution is -2.00. The van der Waals surface area contributed by atoms with Gasteiger partial charge in [0.05, 0.1) is 17.2 Å². The molecule has 0 aliphatic carbocycles. The van der Waals surface area contributed by atoms with Gasteiger partial charge < -0.3 is 9.52 Å². The predicted molar refractivity (Wildman–Crippen MR) is 67.4 cm³/mol. The van der Waals surface area contributed by atoms with Crippen molar-refractivity contribution >= 4 is 11.3 Å². The minimum atomic E-state index is -0.641. The van der Waals surface area contributed by atoms with E-state index in [1.807, 2.05) is 17.5 Å². The fourth-order valence-electron chi connectivity index (χ4n) is 1.54. The van der Waals surface area contributed by atoms with Crippen molar-refractivity contribution in [2.45, 2.75) is 19.6 Å². The molecule has 8 heteroatoms. The summed E-state index contributed by atoms with van der Waals surface area (Å²) in [7, 11) is 0. The number of rotatable bonds is 4. The summed E-state index contributed by atoms with van der Waals surface area (Å²) < 4.78 is 7.09. The summed E-state index contributed by atoms with van der Waals surface area (Å²) in [6.45, 7) is 1.97. The zero-order valence-electron chi connectivity index (χ0n) is 10.1. The molecule has 7 nitrogen and oxygen atoms in total. The quantitative estimate of drug-likeness (QED) is 0.777. The Balaban J connectivity index is 1.76. The van der Waals surface area contributed by atoms with Crippen LogP contribution in [0, 0.1) is 0 Å². The average Bonchev–Trinajstić information content (AvgIpc) is 3.09. The van der Waals surface area contributed by atoms with Crippen LogP contribution in [0.5, 0.6) is 0 Å². The molecule has 0 fully saturated rings. The van der Waals surface area contributed by atoms with Crippen LogP contribution in [0.15, 0.2) is 28.1 Å². The van der Waals surface area contributed by atoms with Crippen LogP contribution in [0.2, 0.25) is 0 Å². The van der Waals surface area contributed by atoms with Crippen molar-refractivity contribution in [1.29, 1.82) is 0 Å². The maximum absolute atomic E-state index is 9.37. The lowest BCUT2D eigenvalue weighted by atomic mass is 10.3. The van der Waals surface area contributed by atoms with E-state index in [-0.39, 0.29) is 0 Å². The van der Waals surface area contributed by atoms with Crippen LogP contribution in [-0.4, -0.2) is 30.3 Å². The second-order valence-corrected chi connectivity index (χ2v) is 4.94. The summed E-state index contributed by atoms with van der Waals surface area (Å²) in [5.74, 6) is 0.950. The number of nitrogens with zero attached hydrogens (tertiary/aromatic N) is 5. The van der Waals surface area contributed by atoms with E-state index in [9.17, 15) is 5.11 Å². The Morgan fingerprint density at radius 1 is 1.42 bits per heavy atom. The van der Waals surface area contributed by atoms with Crippen molar-refractivity contribution in [3.05, 3.63) is 35.3 Å². The maximum Gasteiger partial charge on any atom is 0.257 e. The third kappa shape index (κ3) is 2.54. The molecule has 0 bridgehead atoms. The number of aliphatic hydroxyl groups is 1. The third-order valence-corrected chi connectivity index (χ3v) is 3.34. The fraction of sp³-hybridized carbons (Fsp3) is 0.273. The normalized spacial score (nSPS) is 12.7. The van der Waals surface area contributed by atoms with E-state index in [0.29, 0.717) is 24.0 Å². The predicted octanol–water partition coefficient (Wildman–Crippen LogP) is 1.49. The molecule has 3 aromatic rings.